The summed E-state index contributed by atoms with van der Waals surface area (Å²) in [4.78, 5) is 2.96. The minimum Gasteiger partial charge on any atom is -0.491 e. The summed E-state index contributed by atoms with van der Waals surface area (Å²) in [5.41, 5.74) is 1.73. The van der Waals surface area contributed by atoms with Crippen LogP contribution in [0.1, 0.15) is 103 Å². The summed E-state index contributed by atoms with van der Waals surface area (Å²) in [6, 6.07) is 11.8. The Kier molecular flexibility index (Phi) is 16.6. The SMILES string of the molecule is CCCCC(CC)CN(CC(CC)CCCC)c1ccc(/N=N/c2sc(C=C(C#N)C#N)c(Cl)c2C#N)c(OCC(C)C)c1. The largest absolute Gasteiger partial charge is 0.491 e. The van der Waals surface area contributed by atoms with E-state index in [9.17, 15) is 5.26 Å². The van der Waals surface area contributed by atoms with E-state index in [1.807, 2.05) is 18.2 Å². The number of rotatable bonds is 19. The van der Waals surface area contributed by atoms with Crippen molar-refractivity contribution in [3.05, 3.63) is 39.2 Å². The van der Waals surface area contributed by atoms with Crippen LogP contribution in [0, 0.1) is 51.7 Å². The van der Waals surface area contributed by atoms with Gasteiger partial charge in [-0.15, -0.1) is 21.6 Å². The van der Waals surface area contributed by atoms with Gasteiger partial charge in [-0.05, 0) is 48.8 Å². The minimum atomic E-state index is -0.106. The van der Waals surface area contributed by atoms with Gasteiger partial charge in [-0.2, -0.15) is 15.8 Å². The summed E-state index contributed by atoms with van der Waals surface area (Å²) < 4.78 is 6.29. The van der Waals surface area contributed by atoms with E-state index in [0.717, 1.165) is 43.0 Å². The van der Waals surface area contributed by atoms with Gasteiger partial charge >= 0.3 is 0 Å². The molecule has 7 nitrogen and oxygen atoms in total. The summed E-state index contributed by atoms with van der Waals surface area (Å²) in [5.74, 6) is 2.21. The second-order valence-corrected chi connectivity index (χ2v) is 13.1. The Hall–Kier alpha value is -3.38. The number of anilines is 1. The van der Waals surface area contributed by atoms with Crippen LogP contribution in [0.15, 0.2) is 34.0 Å². The maximum absolute atomic E-state index is 9.74. The fourth-order valence-corrected chi connectivity index (χ4v) is 6.16. The van der Waals surface area contributed by atoms with Crippen molar-refractivity contribution in [1.82, 2.24) is 0 Å². The van der Waals surface area contributed by atoms with E-state index in [2.05, 4.69) is 74.9 Å². The van der Waals surface area contributed by atoms with Crippen LogP contribution in [0.4, 0.5) is 16.4 Å². The number of benzene rings is 1. The molecule has 44 heavy (non-hydrogen) atoms. The first-order chi connectivity index (χ1) is 21.2. The van der Waals surface area contributed by atoms with Gasteiger partial charge in [0.15, 0.2) is 5.00 Å². The maximum atomic E-state index is 9.74. The molecule has 2 rings (SSSR count). The van der Waals surface area contributed by atoms with Crippen molar-refractivity contribution in [3.63, 3.8) is 0 Å². The topological polar surface area (TPSA) is 109 Å². The molecule has 0 N–H and O–H groups in total. The fraction of sp³-hybridized carbons (Fsp3) is 0.571. The predicted molar refractivity (Wildman–Crippen MR) is 183 cm³/mol. The Balaban J connectivity index is 2.54. The van der Waals surface area contributed by atoms with E-state index in [1.165, 1.54) is 44.6 Å². The third kappa shape index (κ3) is 11.3. The normalized spacial score (nSPS) is 12.4. The van der Waals surface area contributed by atoms with Gasteiger partial charge in [-0.3, -0.25) is 0 Å². The molecule has 2 atom stereocenters. The highest BCUT2D eigenvalue weighted by Crippen LogP contribution is 2.42. The molecule has 0 saturated carbocycles. The van der Waals surface area contributed by atoms with Crippen LogP contribution in [0.3, 0.4) is 0 Å². The number of hydrogen-bond acceptors (Lipinski definition) is 8. The third-order valence-corrected chi connectivity index (χ3v) is 9.18. The van der Waals surface area contributed by atoms with Crippen molar-refractivity contribution in [2.24, 2.45) is 28.0 Å². The summed E-state index contributed by atoms with van der Waals surface area (Å²) in [5, 5.41) is 37.4. The summed E-state index contributed by atoms with van der Waals surface area (Å²) in [6.45, 7) is 15.9. The monoisotopic (exact) mass is 634 g/mol. The van der Waals surface area contributed by atoms with Crippen molar-refractivity contribution >= 4 is 45.4 Å². The van der Waals surface area contributed by atoms with E-state index >= 15 is 0 Å². The lowest BCUT2D eigenvalue weighted by Gasteiger charge is -2.33. The fourth-order valence-electron chi connectivity index (χ4n) is 4.89. The molecule has 0 amide bonds. The smallest absolute Gasteiger partial charge is 0.158 e. The van der Waals surface area contributed by atoms with Crippen LogP contribution in [-0.2, 0) is 0 Å². The van der Waals surface area contributed by atoms with Gasteiger partial charge in [0.1, 0.15) is 40.8 Å². The first kappa shape index (κ1) is 36.8. The highest BCUT2D eigenvalue weighted by Gasteiger charge is 2.20. The van der Waals surface area contributed by atoms with E-state index in [-0.39, 0.29) is 16.2 Å². The second kappa shape index (κ2) is 19.8. The molecule has 0 aliphatic carbocycles. The highest BCUT2D eigenvalue weighted by molar-refractivity contribution is 7.17. The van der Waals surface area contributed by atoms with Gasteiger partial charge in [0.05, 0.1) is 16.5 Å². The van der Waals surface area contributed by atoms with E-state index in [4.69, 9.17) is 26.9 Å². The highest BCUT2D eigenvalue weighted by atomic mass is 35.5. The van der Waals surface area contributed by atoms with Crippen LogP contribution in [0.2, 0.25) is 5.02 Å². The molecule has 0 spiro atoms. The molecule has 1 heterocycles. The molecule has 2 unspecified atom stereocenters. The van der Waals surface area contributed by atoms with Crippen LogP contribution < -0.4 is 9.64 Å². The first-order valence-corrected chi connectivity index (χ1v) is 17.1. The van der Waals surface area contributed by atoms with Gasteiger partial charge in [0, 0.05) is 24.8 Å². The Bertz CT molecular complexity index is 1340. The zero-order chi connectivity index (χ0) is 32.5. The van der Waals surface area contributed by atoms with Gasteiger partial charge in [-0.25, -0.2) is 0 Å². The Labute approximate surface area is 273 Å². The number of allylic oxidation sites excluding steroid dienone is 1. The maximum Gasteiger partial charge on any atom is 0.158 e. The summed E-state index contributed by atoms with van der Waals surface area (Å²) >= 11 is 7.51. The first-order valence-electron chi connectivity index (χ1n) is 15.9. The van der Waals surface area contributed by atoms with Gasteiger partial charge in [0.25, 0.3) is 0 Å². The molecule has 0 fully saturated rings. The zero-order valence-corrected chi connectivity index (χ0v) is 28.8. The van der Waals surface area contributed by atoms with Gasteiger partial charge in [-0.1, -0.05) is 91.7 Å². The third-order valence-electron chi connectivity index (χ3n) is 7.66. The number of halogens is 1. The van der Waals surface area contributed by atoms with E-state index in [1.54, 1.807) is 0 Å². The molecular formula is C35H47ClN6OS. The van der Waals surface area contributed by atoms with E-state index in [0.29, 0.717) is 45.7 Å². The number of hydrogen-bond donors (Lipinski definition) is 0. The van der Waals surface area contributed by atoms with Crippen molar-refractivity contribution in [2.75, 3.05) is 24.6 Å². The quantitative estimate of drug-likeness (QED) is 0.113. The molecule has 0 radical (unpaired) electrons. The van der Waals surface area contributed by atoms with Crippen LogP contribution >= 0.6 is 22.9 Å². The number of thiophene rings is 1. The standard InChI is InChI=1S/C35H47ClN6OS/c1-7-11-13-26(9-3)22-42(23-27(10-4)14-12-8-2)29-15-16-31(32(18-29)43-24-25(5)6)40-41-35-30(21-39)34(36)33(44-35)17-28(19-37)20-38/h15-18,25-27H,7-14,22-24H2,1-6H3/b41-40+. The Morgan fingerprint density at radius 1 is 0.977 bits per heavy atom. The van der Waals surface area contributed by atoms with Gasteiger partial charge < -0.3 is 9.64 Å². The molecule has 1 aromatic heterocycles. The second-order valence-electron chi connectivity index (χ2n) is 11.6. The van der Waals surface area contributed by atoms with Crippen molar-refractivity contribution in [1.29, 1.82) is 15.8 Å². The molecular weight excluding hydrogens is 588 g/mol. The van der Waals surface area contributed by atoms with Crippen molar-refractivity contribution in [2.45, 2.75) is 92.9 Å². The average molecular weight is 635 g/mol. The number of nitriles is 3. The Morgan fingerprint density at radius 3 is 2.09 bits per heavy atom. The molecule has 0 aliphatic rings. The predicted octanol–water partition coefficient (Wildman–Crippen LogP) is 11.4. The van der Waals surface area contributed by atoms with Crippen LogP contribution in [0.5, 0.6) is 5.75 Å². The molecule has 1 aromatic carbocycles. The number of nitrogens with zero attached hydrogens (tertiary/aromatic N) is 6. The van der Waals surface area contributed by atoms with E-state index < -0.39 is 0 Å². The molecule has 236 valence electrons. The molecule has 2 aromatic rings. The number of unbranched alkanes of at least 4 members (excludes halogenated alkanes) is 2. The van der Waals surface area contributed by atoms with Gasteiger partial charge in [0.2, 0.25) is 0 Å². The number of azo groups is 1. The van der Waals surface area contributed by atoms with Crippen LogP contribution in [-0.4, -0.2) is 19.7 Å². The summed E-state index contributed by atoms with van der Waals surface area (Å²) in [7, 11) is 0. The minimum absolute atomic E-state index is 0.106. The van der Waals surface area contributed by atoms with Crippen molar-refractivity contribution in [3.8, 4) is 24.0 Å². The van der Waals surface area contributed by atoms with Crippen LogP contribution in [0.25, 0.3) is 6.08 Å². The molecule has 0 aliphatic heterocycles. The zero-order valence-electron chi connectivity index (χ0n) is 27.2. The molecule has 0 bridgehead atoms. The lowest BCUT2D eigenvalue weighted by atomic mass is 9.95. The number of ether oxygens (including phenoxy) is 1. The lowest BCUT2D eigenvalue weighted by Crippen LogP contribution is -2.34. The average Bonchev–Trinajstić information content (AvgIpc) is 3.33. The molecule has 0 saturated heterocycles. The Morgan fingerprint density at radius 2 is 1.59 bits per heavy atom. The lowest BCUT2D eigenvalue weighted by molar-refractivity contribution is 0.272. The summed E-state index contributed by atoms with van der Waals surface area (Å²) in [6.07, 6.45) is 11.0. The van der Waals surface area contributed by atoms with Crippen molar-refractivity contribution < 1.29 is 4.74 Å². The molecule has 9 heteroatoms.